The van der Waals surface area contributed by atoms with Gasteiger partial charge in [0.1, 0.15) is 5.75 Å². The monoisotopic (exact) mass is 453 g/mol. The summed E-state index contributed by atoms with van der Waals surface area (Å²) in [5.41, 5.74) is 1.20. The van der Waals surface area contributed by atoms with Crippen LogP contribution in [0.5, 0.6) is 5.75 Å². The minimum atomic E-state index is -0.227. The van der Waals surface area contributed by atoms with Gasteiger partial charge >= 0.3 is 0 Å². The van der Waals surface area contributed by atoms with Crippen molar-refractivity contribution in [3.05, 3.63) is 55.9 Å². The summed E-state index contributed by atoms with van der Waals surface area (Å²) in [5, 5.41) is 12.2. The molecule has 0 aliphatic heterocycles. The molecule has 1 aromatic carbocycles. The molecule has 0 aliphatic carbocycles. The molecule has 0 atom stereocenters. The SMILES string of the molecule is O=C(Nc1cnc(-c2cccc(O)c2)nc1)c1cc(Br)c(Br)s1. The van der Waals surface area contributed by atoms with Gasteiger partial charge in [0.25, 0.3) is 5.91 Å². The lowest BCUT2D eigenvalue weighted by atomic mass is 10.2. The maximum absolute atomic E-state index is 12.1. The summed E-state index contributed by atoms with van der Waals surface area (Å²) in [6, 6.07) is 8.42. The number of phenolic OH excluding ortho intramolecular Hbond substituents is 1. The summed E-state index contributed by atoms with van der Waals surface area (Å²) in [5.74, 6) is 0.396. The molecule has 3 aromatic rings. The van der Waals surface area contributed by atoms with Crippen LogP contribution in [0.25, 0.3) is 11.4 Å². The Morgan fingerprint density at radius 2 is 1.91 bits per heavy atom. The summed E-state index contributed by atoms with van der Waals surface area (Å²) in [6.07, 6.45) is 3.06. The van der Waals surface area contributed by atoms with E-state index in [0.717, 1.165) is 8.26 Å². The van der Waals surface area contributed by atoms with Crippen molar-refractivity contribution in [2.24, 2.45) is 0 Å². The fourth-order valence-corrected chi connectivity index (χ4v) is 3.77. The third-order valence-electron chi connectivity index (χ3n) is 2.88. The minimum Gasteiger partial charge on any atom is -0.508 e. The normalized spacial score (nSPS) is 10.5. The molecule has 0 bridgehead atoms. The molecule has 0 unspecified atom stereocenters. The van der Waals surface area contributed by atoms with Gasteiger partial charge in [-0.3, -0.25) is 4.79 Å². The number of carbonyl (C=O) groups is 1. The van der Waals surface area contributed by atoms with Crippen molar-refractivity contribution in [3.8, 4) is 17.1 Å². The Morgan fingerprint density at radius 3 is 2.52 bits per heavy atom. The Hall–Kier alpha value is -1.77. The average Bonchev–Trinajstić information content (AvgIpc) is 2.88. The van der Waals surface area contributed by atoms with Crippen LogP contribution in [0.4, 0.5) is 5.69 Å². The van der Waals surface area contributed by atoms with E-state index >= 15 is 0 Å². The molecule has 8 heteroatoms. The Kier molecular flexibility index (Phi) is 4.74. The maximum Gasteiger partial charge on any atom is 0.265 e. The molecule has 2 N–H and O–H groups in total. The van der Waals surface area contributed by atoms with Gasteiger partial charge in [0, 0.05) is 10.0 Å². The first-order chi connectivity index (χ1) is 11.0. The largest absolute Gasteiger partial charge is 0.508 e. The van der Waals surface area contributed by atoms with E-state index in [1.165, 1.54) is 23.7 Å². The summed E-state index contributed by atoms with van der Waals surface area (Å²) < 4.78 is 1.70. The van der Waals surface area contributed by atoms with E-state index in [2.05, 4.69) is 47.1 Å². The number of hydrogen-bond donors (Lipinski definition) is 2. The highest BCUT2D eigenvalue weighted by molar-refractivity contribution is 9.13. The second-order valence-electron chi connectivity index (χ2n) is 4.53. The van der Waals surface area contributed by atoms with Crippen LogP contribution in [0.2, 0.25) is 0 Å². The van der Waals surface area contributed by atoms with E-state index < -0.39 is 0 Å². The topological polar surface area (TPSA) is 75.1 Å². The van der Waals surface area contributed by atoms with Crippen LogP contribution < -0.4 is 5.32 Å². The van der Waals surface area contributed by atoms with Crippen molar-refractivity contribution in [3.63, 3.8) is 0 Å². The van der Waals surface area contributed by atoms with Gasteiger partial charge in [-0.15, -0.1) is 11.3 Å². The maximum atomic E-state index is 12.1. The first kappa shape index (κ1) is 16.1. The van der Waals surface area contributed by atoms with Crippen LogP contribution in [-0.2, 0) is 0 Å². The van der Waals surface area contributed by atoms with Crippen LogP contribution in [0.3, 0.4) is 0 Å². The summed E-state index contributed by atoms with van der Waals surface area (Å²) in [4.78, 5) is 21.1. The van der Waals surface area contributed by atoms with Crippen molar-refractivity contribution >= 4 is 54.8 Å². The first-order valence-corrected chi connectivity index (χ1v) is 8.81. The Balaban J connectivity index is 1.76. The average molecular weight is 455 g/mol. The Labute approximate surface area is 152 Å². The number of carbonyl (C=O) groups excluding carboxylic acids is 1. The Morgan fingerprint density at radius 1 is 1.17 bits per heavy atom. The number of rotatable bonds is 3. The van der Waals surface area contributed by atoms with Crippen LogP contribution in [-0.4, -0.2) is 21.0 Å². The van der Waals surface area contributed by atoms with Gasteiger partial charge in [-0.25, -0.2) is 9.97 Å². The smallest absolute Gasteiger partial charge is 0.265 e. The molecule has 0 aliphatic rings. The molecule has 3 rings (SSSR count). The molecule has 2 heterocycles. The van der Waals surface area contributed by atoms with E-state index in [0.29, 0.717) is 22.0 Å². The summed E-state index contributed by atoms with van der Waals surface area (Å²) in [7, 11) is 0. The van der Waals surface area contributed by atoms with Gasteiger partial charge in [-0.05, 0) is 50.1 Å². The molecule has 5 nitrogen and oxygen atoms in total. The lowest BCUT2D eigenvalue weighted by molar-refractivity contribution is 0.103. The third-order valence-corrected chi connectivity index (χ3v) is 6.14. The van der Waals surface area contributed by atoms with Crippen LogP contribution in [0.1, 0.15) is 9.67 Å². The lowest BCUT2D eigenvalue weighted by Crippen LogP contribution is -2.10. The zero-order valence-electron chi connectivity index (χ0n) is 11.5. The van der Waals surface area contributed by atoms with Crippen molar-refractivity contribution < 1.29 is 9.90 Å². The number of phenols is 1. The molecule has 116 valence electrons. The summed E-state index contributed by atoms with van der Waals surface area (Å²) in [6.45, 7) is 0. The van der Waals surface area contributed by atoms with E-state index in [9.17, 15) is 9.90 Å². The number of nitrogens with one attached hydrogen (secondary N) is 1. The molecule has 1 amide bonds. The third kappa shape index (κ3) is 3.77. The fourth-order valence-electron chi connectivity index (χ4n) is 1.84. The number of amides is 1. The second-order valence-corrected chi connectivity index (χ2v) is 7.76. The number of benzene rings is 1. The van der Waals surface area contributed by atoms with Gasteiger partial charge in [0.2, 0.25) is 0 Å². The zero-order valence-corrected chi connectivity index (χ0v) is 15.4. The van der Waals surface area contributed by atoms with Crippen LogP contribution in [0.15, 0.2) is 51.0 Å². The quantitative estimate of drug-likeness (QED) is 0.602. The molecular weight excluding hydrogens is 446 g/mol. The lowest BCUT2D eigenvalue weighted by Gasteiger charge is -2.04. The number of nitrogens with zero attached hydrogens (tertiary/aromatic N) is 2. The van der Waals surface area contributed by atoms with Crippen molar-refractivity contribution in [2.45, 2.75) is 0 Å². The zero-order chi connectivity index (χ0) is 16.4. The predicted molar refractivity (Wildman–Crippen MR) is 96.8 cm³/mol. The van der Waals surface area contributed by atoms with E-state index in [-0.39, 0.29) is 11.7 Å². The molecule has 2 aromatic heterocycles. The predicted octanol–water partition coefficient (Wildman–Crippen LogP) is 4.69. The van der Waals surface area contributed by atoms with Crippen LogP contribution in [0, 0.1) is 0 Å². The highest BCUT2D eigenvalue weighted by Crippen LogP contribution is 2.32. The van der Waals surface area contributed by atoms with Crippen molar-refractivity contribution in [1.82, 2.24) is 9.97 Å². The molecule has 0 saturated carbocycles. The van der Waals surface area contributed by atoms with E-state index in [4.69, 9.17) is 0 Å². The van der Waals surface area contributed by atoms with Crippen molar-refractivity contribution in [1.29, 1.82) is 0 Å². The number of halogens is 2. The van der Waals surface area contributed by atoms with Crippen molar-refractivity contribution in [2.75, 3.05) is 5.32 Å². The fraction of sp³-hybridized carbons (Fsp3) is 0. The molecule has 0 saturated heterocycles. The van der Waals surface area contributed by atoms with Gasteiger partial charge in [0.05, 0.1) is 26.7 Å². The van der Waals surface area contributed by atoms with Gasteiger partial charge < -0.3 is 10.4 Å². The molecule has 0 spiro atoms. The number of aromatic nitrogens is 2. The number of hydrogen-bond acceptors (Lipinski definition) is 5. The number of aromatic hydroxyl groups is 1. The first-order valence-electron chi connectivity index (χ1n) is 6.40. The number of anilines is 1. The molecule has 0 radical (unpaired) electrons. The minimum absolute atomic E-state index is 0.150. The standard InChI is InChI=1S/C15H9Br2N3O2S/c16-11-5-12(23-13(11)17)15(22)20-9-6-18-14(19-7-9)8-2-1-3-10(21)4-8/h1-7,21H,(H,20,22). The van der Waals surface area contributed by atoms with E-state index in [1.807, 2.05) is 0 Å². The van der Waals surface area contributed by atoms with Gasteiger partial charge in [0.15, 0.2) is 5.82 Å². The molecular formula is C15H9Br2N3O2S. The van der Waals surface area contributed by atoms with Gasteiger partial charge in [-0.2, -0.15) is 0 Å². The molecule has 0 fully saturated rings. The van der Waals surface area contributed by atoms with Crippen LogP contribution >= 0.6 is 43.2 Å². The Bertz CT molecular complexity index is 846. The van der Waals surface area contributed by atoms with Gasteiger partial charge in [-0.1, -0.05) is 12.1 Å². The number of thiophene rings is 1. The highest BCUT2D eigenvalue weighted by atomic mass is 79.9. The highest BCUT2D eigenvalue weighted by Gasteiger charge is 2.12. The van der Waals surface area contributed by atoms with E-state index in [1.54, 1.807) is 30.3 Å². The summed E-state index contributed by atoms with van der Waals surface area (Å²) >= 11 is 8.04. The molecule has 23 heavy (non-hydrogen) atoms. The second kappa shape index (κ2) is 6.77.